The molecule has 3 aromatic rings. The molecule has 0 bridgehead atoms. The van der Waals surface area contributed by atoms with Crippen molar-refractivity contribution in [3.05, 3.63) is 66.1 Å². The van der Waals surface area contributed by atoms with Crippen LogP contribution in [0.4, 0.5) is 0 Å². The first kappa shape index (κ1) is 20.2. The summed E-state index contributed by atoms with van der Waals surface area (Å²) in [6.45, 7) is 2.05. The Labute approximate surface area is 163 Å². The Balaban J connectivity index is 1.65. The average molecular weight is 422 g/mol. The van der Waals surface area contributed by atoms with Crippen LogP contribution in [-0.2, 0) is 26.5 Å². The van der Waals surface area contributed by atoms with Gasteiger partial charge in [-0.1, -0.05) is 23.8 Å². The Bertz CT molecular complexity index is 1180. The molecule has 0 radical (unpaired) electrons. The second-order valence-corrected chi connectivity index (χ2v) is 9.51. The number of benzene rings is 2. The number of rotatable bonds is 7. The predicted molar refractivity (Wildman–Crippen MR) is 103 cm³/mol. The molecule has 0 atom stereocenters. The molecule has 0 aliphatic rings. The topological polar surface area (TPSA) is 132 Å². The molecular formula is C18H19N3O5S2. The van der Waals surface area contributed by atoms with Crippen LogP contribution in [-0.4, -0.2) is 28.4 Å². The third-order valence-electron chi connectivity index (χ3n) is 3.97. The zero-order valence-electron chi connectivity index (χ0n) is 15.0. The lowest BCUT2D eigenvalue weighted by molar-refractivity contribution is 0.570. The molecule has 0 spiro atoms. The van der Waals surface area contributed by atoms with Crippen LogP contribution in [0.25, 0.3) is 11.5 Å². The highest BCUT2D eigenvalue weighted by Gasteiger charge is 2.17. The van der Waals surface area contributed by atoms with Crippen molar-refractivity contribution < 1.29 is 21.3 Å². The van der Waals surface area contributed by atoms with Crippen LogP contribution in [0, 0.1) is 6.92 Å². The average Bonchev–Trinajstić information content (AvgIpc) is 3.10. The van der Waals surface area contributed by atoms with Crippen molar-refractivity contribution in [2.24, 2.45) is 5.14 Å². The van der Waals surface area contributed by atoms with Crippen LogP contribution in [0.15, 0.2) is 69.0 Å². The first-order chi connectivity index (χ1) is 13.1. The summed E-state index contributed by atoms with van der Waals surface area (Å²) in [6.07, 6.45) is 1.79. The second kappa shape index (κ2) is 7.84. The molecule has 0 aliphatic heterocycles. The first-order valence-corrected chi connectivity index (χ1v) is 11.3. The van der Waals surface area contributed by atoms with Crippen molar-refractivity contribution in [3.8, 4) is 11.5 Å². The van der Waals surface area contributed by atoms with Gasteiger partial charge in [-0.3, -0.25) is 0 Å². The van der Waals surface area contributed by atoms with Gasteiger partial charge in [0.2, 0.25) is 25.9 Å². The number of hydrogen-bond acceptors (Lipinski definition) is 6. The Hall–Kier alpha value is -2.53. The third-order valence-corrected chi connectivity index (χ3v) is 6.34. The lowest BCUT2D eigenvalue weighted by Crippen LogP contribution is -2.26. The van der Waals surface area contributed by atoms with E-state index in [1.54, 1.807) is 0 Å². The highest BCUT2D eigenvalue weighted by atomic mass is 32.2. The van der Waals surface area contributed by atoms with Crippen molar-refractivity contribution in [1.29, 1.82) is 0 Å². The smallest absolute Gasteiger partial charge is 0.240 e. The monoisotopic (exact) mass is 421 g/mol. The number of aromatic nitrogens is 1. The van der Waals surface area contributed by atoms with E-state index in [4.69, 9.17) is 9.56 Å². The molecule has 0 fully saturated rings. The van der Waals surface area contributed by atoms with Crippen LogP contribution in [0.2, 0.25) is 0 Å². The minimum absolute atomic E-state index is 0.0712. The van der Waals surface area contributed by atoms with E-state index in [0.717, 1.165) is 17.2 Å². The second-order valence-electron chi connectivity index (χ2n) is 6.18. The summed E-state index contributed by atoms with van der Waals surface area (Å²) in [5.74, 6) is 0.457. The lowest BCUT2D eigenvalue weighted by atomic mass is 10.1. The molecule has 0 saturated heterocycles. The molecule has 0 aliphatic carbocycles. The Morgan fingerprint density at radius 1 is 1.04 bits per heavy atom. The number of oxazole rings is 1. The van der Waals surface area contributed by atoms with E-state index in [2.05, 4.69) is 9.71 Å². The van der Waals surface area contributed by atoms with Crippen molar-refractivity contribution in [2.45, 2.75) is 23.1 Å². The van der Waals surface area contributed by atoms with Gasteiger partial charge in [0.25, 0.3) is 0 Å². The minimum atomic E-state index is -3.99. The normalized spacial score (nSPS) is 12.2. The van der Waals surface area contributed by atoms with Crippen molar-refractivity contribution in [3.63, 3.8) is 0 Å². The van der Waals surface area contributed by atoms with Crippen LogP contribution in [0.3, 0.4) is 0 Å². The van der Waals surface area contributed by atoms with Gasteiger partial charge in [0.15, 0.2) is 0 Å². The largest absolute Gasteiger partial charge is 0.444 e. The van der Waals surface area contributed by atoms with E-state index < -0.39 is 20.0 Å². The molecule has 2 aromatic carbocycles. The number of nitrogens with two attached hydrogens (primary N) is 1. The van der Waals surface area contributed by atoms with E-state index in [0.29, 0.717) is 18.0 Å². The SMILES string of the molecule is Cc1ccc(-c2nc(CCNS(=O)(=O)c3cccc(S(N)(=O)=O)c3)co2)cc1. The molecule has 3 rings (SSSR count). The van der Waals surface area contributed by atoms with E-state index >= 15 is 0 Å². The van der Waals surface area contributed by atoms with Gasteiger partial charge in [0.1, 0.15) is 6.26 Å². The van der Waals surface area contributed by atoms with Crippen molar-refractivity contribution in [2.75, 3.05) is 6.54 Å². The van der Waals surface area contributed by atoms with Crippen molar-refractivity contribution in [1.82, 2.24) is 9.71 Å². The van der Waals surface area contributed by atoms with Crippen LogP contribution in [0.5, 0.6) is 0 Å². The molecule has 1 aromatic heterocycles. The Morgan fingerprint density at radius 3 is 2.39 bits per heavy atom. The zero-order chi connectivity index (χ0) is 20.4. The molecule has 28 heavy (non-hydrogen) atoms. The standard InChI is InChI=1S/C18H19N3O5S2/c1-13-5-7-14(8-6-13)18-21-15(12-26-18)9-10-20-28(24,25)17-4-2-3-16(11-17)27(19,22)23/h2-8,11-12,20H,9-10H2,1H3,(H2,19,22,23). The molecule has 8 nitrogen and oxygen atoms in total. The van der Waals surface area contributed by atoms with Gasteiger partial charge in [-0.05, 0) is 37.3 Å². The number of primary sulfonamides is 1. The van der Waals surface area contributed by atoms with Gasteiger partial charge in [-0.2, -0.15) is 0 Å². The summed E-state index contributed by atoms with van der Waals surface area (Å²) in [6, 6.07) is 12.5. The molecule has 1 heterocycles. The zero-order valence-corrected chi connectivity index (χ0v) is 16.6. The van der Waals surface area contributed by atoms with E-state index in [9.17, 15) is 16.8 Å². The van der Waals surface area contributed by atoms with Crippen LogP contribution < -0.4 is 9.86 Å². The minimum Gasteiger partial charge on any atom is -0.444 e. The first-order valence-electron chi connectivity index (χ1n) is 8.29. The van der Waals surface area contributed by atoms with Crippen molar-refractivity contribution >= 4 is 20.0 Å². The highest BCUT2D eigenvalue weighted by molar-refractivity contribution is 7.90. The lowest BCUT2D eigenvalue weighted by Gasteiger charge is -2.07. The maximum atomic E-state index is 12.4. The molecule has 0 unspecified atom stereocenters. The number of nitrogens with zero attached hydrogens (tertiary/aromatic N) is 1. The quantitative estimate of drug-likeness (QED) is 0.598. The summed E-state index contributed by atoms with van der Waals surface area (Å²) in [5.41, 5.74) is 2.55. The maximum Gasteiger partial charge on any atom is 0.240 e. The van der Waals surface area contributed by atoms with Gasteiger partial charge < -0.3 is 4.42 Å². The number of hydrogen-bond donors (Lipinski definition) is 2. The number of sulfonamides is 2. The number of aryl methyl sites for hydroxylation is 1. The van der Waals surface area contributed by atoms with Gasteiger partial charge in [0.05, 0.1) is 15.5 Å². The fraction of sp³-hybridized carbons (Fsp3) is 0.167. The maximum absolute atomic E-state index is 12.4. The van der Waals surface area contributed by atoms with Gasteiger partial charge in [-0.15, -0.1) is 0 Å². The van der Waals surface area contributed by atoms with Gasteiger partial charge >= 0.3 is 0 Å². The summed E-state index contributed by atoms with van der Waals surface area (Å²) < 4.78 is 55.4. The number of nitrogens with one attached hydrogen (secondary N) is 1. The summed E-state index contributed by atoms with van der Waals surface area (Å²) >= 11 is 0. The van der Waals surface area contributed by atoms with Crippen LogP contribution in [0.1, 0.15) is 11.3 Å². The fourth-order valence-corrected chi connectivity index (χ4v) is 4.18. The van der Waals surface area contributed by atoms with E-state index in [1.807, 2.05) is 31.2 Å². The summed E-state index contributed by atoms with van der Waals surface area (Å²) in [7, 11) is -7.88. The van der Waals surface area contributed by atoms with Crippen LogP contribution >= 0.6 is 0 Å². The van der Waals surface area contributed by atoms with Gasteiger partial charge in [0, 0.05) is 18.5 Å². The molecule has 148 valence electrons. The van der Waals surface area contributed by atoms with E-state index in [-0.39, 0.29) is 16.3 Å². The Kier molecular flexibility index (Phi) is 5.66. The molecule has 0 amide bonds. The molecule has 3 N–H and O–H groups in total. The highest BCUT2D eigenvalue weighted by Crippen LogP contribution is 2.19. The predicted octanol–water partition coefficient (Wildman–Crippen LogP) is 1.82. The Morgan fingerprint density at radius 2 is 1.71 bits per heavy atom. The third kappa shape index (κ3) is 4.84. The van der Waals surface area contributed by atoms with Gasteiger partial charge in [-0.25, -0.2) is 31.7 Å². The summed E-state index contributed by atoms with van der Waals surface area (Å²) in [4.78, 5) is 3.90. The molecular weight excluding hydrogens is 402 g/mol. The molecule has 0 saturated carbocycles. The molecule has 10 heteroatoms. The fourth-order valence-electron chi connectivity index (χ4n) is 2.47. The van der Waals surface area contributed by atoms with E-state index in [1.165, 1.54) is 24.5 Å². The summed E-state index contributed by atoms with van der Waals surface area (Å²) in [5, 5.41) is 5.04.